The Hall–Kier alpha value is -1.10. The van der Waals surface area contributed by atoms with Gasteiger partial charge in [-0.1, -0.05) is 0 Å². The van der Waals surface area contributed by atoms with Gasteiger partial charge in [-0.25, -0.2) is 0 Å². The predicted octanol–water partition coefficient (Wildman–Crippen LogP) is -0.998. The Morgan fingerprint density at radius 1 is 0.792 bits per heavy atom. The van der Waals surface area contributed by atoms with E-state index >= 15 is 0 Å². The fourth-order valence-corrected chi connectivity index (χ4v) is 1.56. The third-order valence-electron chi connectivity index (χ3n) is 2.68. The van der Waals surface area contributed by atoms with Crippen molar-refractivity contribution in [2.75, 3.05) is 65.9 Å². The molecule has 0 fully saturated rings. The van der Waals surface area contributed by atoms with Crippen molar-refractivity contribution >= 4 is 11.7 Å². The smallest absolute Gasteiger partial charge is 0.246 e. The van der Waals surface area contributed by atoms with Crippen molar-refractivity contribution in [3.8, 4) is 0 Å². The lowest BCUT2D eigenvalue weighted by Gasteiger charge is -2.08. The van der Waals surface area contributed by atoms with Crippen molar-refractivity contribution in [1.82, 2.24) is 10.7 Å². The summed E-state index contributed by atoms with van der Waals surface area (Å²) in [5, 5.41) is 2.68. The second kappa shape index (κ2) is 18.2. The highest BCUT2D eigenvalue weighted by atomic mass is 16.5. The summed E-state index contributed by atoms with van der Waals surface area (Å²) < 4.78 is 20.9. The third-order valence-corrected chi connectivity index (χ3v) is 2.68. The van der Waals surface area contributed by atoms with Gasteiger partial charge in [0.05, 0.1) is 26.4 Å². The molecule has 0 rings (SSSR count). The summed E-state index contributed by atoms with van der Waals surface area (Å²) in [6.07, 6.45) is 1.58. The Morgan fingerprint density at radius 3 is 1.88 bits per heavy atom. The average Bonchev–Trinajstić information content (AvgIpc) is 2.55. The summed E-state index contributed by atoms with van der Waals surface area (Å²) in [6, 6.07) is 0. The Labute approximate surface area is 143 Å². The molecule has 0 spiro atoms. The molecule has 24 heavy (non-hydrogen) atoms. The zero-order valence-electron chi connectivity index (χ0n) is 14.5. The van der Waals surface area contributed by atoms with Gasteiger partial charge >= 0.3 is 0 Å². The number of nitrogens with one attached hydrogen (secondary N) is 2. The molecule has 0 aromatic carbocycles. The number of carbonyl (C=O) groups excluding carboxylic acids is 2. The van der Waals surface area contributed by atoms with Crippen LogP contribution in [-0.4, -0.2) is 77.6 Å². The number of carbonyl (C=O) groups is 2. The van der Waals surface area contributed by atoms with Crippen LogP contribution in [0.1, 0.15) is 19.8 Å². The molecular weight excluding hydrogens is 318 g/mol. The lowest BCUT2D eigenvalue weighted by atomic mass is 10.4. The van der Waals surface area contributed by atoms with Gasteiger partial charge in [-0.05, 0) is 19.8 Å². The van der Waals surface area contributed by atoms with E-state index in [-0.39, 0.29) is 24.9 Å². The number of hydrazine groups is 1. The van der Waals surface area contributed by atoms with Gasteiger partial charge in [-0.2, -0.15) is 0 Å². The van der Waals surface area contributed by atoms with E-state index in [1.165, 1.54) is 6.92 Å². The number of rotatable bonds is 18. The zero-order chi connectivity index (χ0) is 17.9. The van der Waals surface area contributed by atoms with Crippen LogP contribution in [0.3, 0.4) is 0 Å². The summed E-state index contributed by atoms with van der Waals surface area (Å²) in [5.41, 5.74) is 2.56. The van der Waals surface area contributed by atoms with Crippen LogP contribution >= 0.6 is 0 Å². The van der Waals surface area contributed by atoms with Crippen LogP contribution in [0, 0.1) is 0 Å². The van der Waals surface area contributed by atoms with Gasteiger partial charge in [0.15, 0.2) is 5.78 Å². The Morgan fingerprint density at radius 2 is 1.33 bits per heavy atom. The predicted molar refractivity (Wildman–Crippen MR) is 88.4 cm³/mol. The summed E-state index contributed by atoms with van der Waals surface area (Å²) in [5.74, 6) is 4.79. The van der Waals surface area contributed by atoms with Crippen molar-refractivity contribution in [3.63, 3.8) is 0 Å². The normalized spacial score (nSPS) is 10.8. The van der Waals surface area contributed by atoms with Gasteiger partial charge < -0.3 is 24.3 Å². The number of ether oxygens (including phenoxy) is 4. The van der Waals surface area contributed by atoms with Crippen molar-refractivity contribution < 1.29 is 28.5 Å². The van der Waals surface area contributed by atoms with Crippen LogP contribution in [0.2, 0.25) is 0 Å². The molecule has 0 bridgehead atoms. The first-order chi connectivity index (χ1) is 11.7. The van der Waals surface area contributed by atoms with Crippen LogP contribution in [0.25, 0.3) is 0 Å². The zero-order valence-corrected chi connectivity index (χ0v) is 14.5. The molecule has 0 aromatic rings. The number of nitrogens with two attached hydrogens (primary N) is 1. The molecule has 0 saturated heterocycles. The first-order valence-electron chi connectivity index (χ1n) is 8.17. The molecule has 0 aliphatic heterocycles. The summed E-state index contributed by atoms with van der Waals surface area (Å²) in [6.45, 7) is 5.84. The Bertz CT molecular complexity index is 318. The van der Waals surface area contributed by atoms with Crippen LogP contribution in [-0.2, 0) is 28.5 Å². The SMILES string of the molecule is CC(=O)COCC(=O)NCCCOCCOCCOCCCNN. The van der Waals surface area contributed by atoms with Gasteiger partial charge in [-0.15, -0.1) is 0 Å². The van der Waals surface area contributed by atoms with Crippen LogP contribution in [0.4, 0.5) is 0 Å². The number of ketones is 1. The van der Waals surface area contributed by atoms with Crippen LogP contribution < -0.4 is 16.6 Å². The molecule has 142 valence electrons. The lowest BCUT2D eigenvalue weighted by Crippen LogP contribution is -2.29. The van der Waals surface area contributed by atoms with Gasteiger partial charge in [-0.3, -0.25) is 20.9 Å². The minimum absolute atomic E-state index is 0.0352. The minimum atomic E-state index is -0.234. The average molecular weight is 349 g/mol. The largest absolute Gasteiger partial charge is 0.379 e. The molecule has 0 saturated carbocycles. The molecule has 0 atom stereocenters. The molecule has 4 N–H and O–H groups in total. The van der Waals surface area contributed by atoms with Gasteiger partial charge in [0.1, 0.15) is 13.2 Å². The second-order valence-corrected chi connectivity index (χ2v) is 5.04. The highest BCUT2D eigenvalue weighted by Gasteiger charge is 2.01. The van der Waals surface area contributed by atoms with E-state index in [1.54, 1.807) is 0 Å². The maximum absolute atomic E-state index is 11.3. The Kier molecular flexibility index (Phi) is 17.4. The van der Waals surface area contributed by atoms with Crippen molar-refractivity contribution in [2.24, 2.45) is 5.84 Å². The molecule has 0 radical (unpaired) electrons. The molecule has 0 aromatic heterocycles. The highest BCUT2D eigenvalue weighted by Crippen LogP contribution is 1.86. The molecule has 1 amide bonds. The van der Waals surface area contributed by atoms with E-state index in [0.717, 1.165) is 13.0 Å². The fraction of sp³-hybridized carbons (Fsp3) is 0.867. The topological polar surface area (TPSA) is 121 Å². The van der Waals surface area contributed by atoms with Crippen LogP contribution in [0.5, 0.6) is 0 Å². The van der Waals surface area contributed by atoms with Gasteiger partial charge in [0, 0.05) is 26.3 Å². The van der Waals surface area contributed by atoms with E-state index in [1.807, 2.05) is 0 Å². The molecule has 9 heteroatoms. The number of amides is 1. The van der Waals surface area contributed by atoms with E-state index in [0.29, 0.717) is 52.6 Å². The molecule has 0 unspecified atom stereocenters. The van der Waals surface area contributed by atoms with E-state index in [2.05, 4.69) is 10.7 Å². The summed E-state index contributed by atoms with van der Waals surface area (Å²) >= 11 is 0. The number of hydrogen-bond donors (Lipinski definition) is 3. The number of hydrogen-bond acceptors (Lipinski definition) is 8. The maximum atomic E-state index is 11.3. The van der Waals surface area contributed by atoms with Crippen LogP contribution in [0.15, 0.2) is 0 Å². The third kappa shape index (κ3) is 18.9. The minimum Gasteiger partial charge on any atom is -0.379 e. The first kappa shape index (κ1) is 22.9. The van der Waals surface area contributed by atoms with Gasteiger partial charge in [0.25, 0.3) is 0 Å². The summed E-state index contributed by atoms with van der Waals surface area (Å²) in [7, 11) is 0. The van der Waals surface area contributed by atoms with E-state index in [4.69, 9.17) is 24.8 Å². The quantitative estimate of drug-likeness (QED) is 0.164. The number of Topliss-reactive ketones (excluding diaryl/α,β-unsaturated/α-hetero) is 1. The second-order valence-electron chi connectivity index (χ2n) is 5.04. The van der Waals surface area contributed by atoms with Crippen molar-refractivity contribution in [1.29, 1.82) is 0 Å². The fourth-order valence-electron chi connectivity index (χ4n) is 1.56. The van der Waals surface area contributed by atoms with Crippen molar-refractivity contribution in [2.45, 2.75) is 19.8 Å². The first-order valence-corrected chi connectivity index (χ1v) is 8.17. The maximum Gasteiger partial charge on any atom is 0.246 e. The molecule has 0 heterocycles. The van der Waals surface area contributed by atoms with E-state index in [9.17, 15) is 9.59 Å². The monoisotopic (exact) mass is 349 g/mol. The summed E-state index contributed by atoms with van der Waals surface area (Å²) in [4.78, 5) is 21.9. The molecule has 0 aliphatic rings. The van der Waals surface area contributed by atoms with Gasteiger partial charge in [0.2, 0.25) is 5.91 Å². The standard InChI is InChI=1S/C15H31N3O6/c1-14(19)12-24-13-15(20)17-4-2-6-21-8-10-23-11-9-22-7-3-5-18-16/h18H,2-13,16H2,1H3,(H,17,20). The molecule has 9 nitrogen and oxygen atoms in total. The molecular formula is C15H31N3O6. The molecule has 0 aliphatic carbocycles. The van der Waals surface area contributed by atoms with E-state index < -0.39 is 0 Å². The lowest BCUT2D eigenvalue weighted by molar-refractivity contribution is -0.129. The Balaban J connectivity index is 3.12. The highest BCUT2D eigenvalue weighted by molar-refractivity contribution is 5.79. The van der Waals surface area contributed by atoms with Crippen molar-refractivity contribution in [3.05, 3.63) is 0 Å².